The van der Waals surface area contributed by atoms with Gasteiger partial charge < -0.3 is 4.43 Å². The number of piperidine rings is 1. The first-order valence-corrected chi connectivity index (χ1v) is 11.7. The Morgan fingerprint density at radius 2 is 2.00 bits per heavy atom. The minimum Gasteiger partial charge on any atom is -0.413 e. The van der Waals surface area contributed by atoms with Crippen molar-refractivity contribution in [3.05, 3.63) is 11.6 Å². The van der Waals surface area contributed by atoms with Crippen LogP contribution in [-0.4, -0.2) is 38.5 Å². The zero-order valence-corrected chi connectivity index (χ0v) is 16.0. The van der Waals surface area contributed by atoms with E-state index in [1.54, 1.807) is 5.57 Å². The monoisotopic (exact) mass is 309 g/mol. The molecule has 0 aromatic rings. The predicted molar refractivity (Wildman–Crippen MR) is 94.3 cm³/mol. The summed E-state index contributed by atoms with van der Waals surface area (Å²) in [4.78, 5) is 2.75. The van der Waals surface area contributed by atoms with Gasteiger partial charge in [-0.25, -0.2) is 0 Å². The summed E-state index contributed by atoms with van der Waals surface area (Å²) >= 11 is 0. The molecule has 0 aromatic heterocycles. The van der Waals surface area contributed by atoms with Crippen LogP contribution >= 0.6 is 0 Å². The van der Waals surface area contributed by atoms with Crippen LogP contribution in [0.2, 0.25) is 18.1 Å². The van der Waals surface area contributed by atoms with Crippen LogP contribution in [0.5, 0.6) is 0 Å². The number of nitrogens with zero attached hydrogens (tertiary/aromatic N) is 1. The highest BCUT2D eigenvalue weighted by Gasteiger charge is 2.38. The SMILES string of the molecule is CC[C@@H]1CC(CO[Si](C)(C)C(C)(C)C)=C[C@H]2CCCCN12. The molecular weight excluding hydrogens is 274 g/mol. The van der Waals surface area contributed by atoms with Crippen molar-refractivity contribution < 1.29 is 4.43 Å². The van der Waals surface area contributed by atoms with Crippen LogP contribution in [0.1, 0.15) is 59.8 Å². The van der Waals surface area contributed by atoms with E-state index in [0.717, 1.165) is 12.6 Å². The maximum absolute atomic E-state index is 6.46. The van der Waals surface area contributed by atoms with Gasteiger partial charge >= 0.3 is 0 Å². The van der Waals surface area contributed by atoms with E-state index < -0.39 is 8.32 Å². The number of fused-ring (bicyclic) bond motifs is 1. The van der Waals surface area contributed by atoms with Gasteiger partial charge in [-0.1, -0.05) is 40.2 Å². The third-order valence-corrected chi connectivity index (χ3v) is 10.4. The molecule has 0 spiro atoms. The summed E-state index contributed by atoms with van der Waals surface area (Å²) in [5.41, 5.74) is 1.56. The fourth-order valence-corrected chi connectivity index (χ4v) is 4.33. The Kier molecular flexibility index (Phi) is 5.38. The van der Waals surface area contributed by atoms with E-state index in [2.05, 4.69) is 51.8 Å². The molecule has 0 radical (unpaired) electrons. The van der Waals surface area contributed by atoms with E-state index >= 15 is 0 Å². The maximum Gasteiger partial charge on any atom is 0.192 e. The second kappa shape index (κ2) is 6.55. The van der Waals surface area contributed by atoms with Crippen LogP contribution in [0.3, 0.4) is 0 Å². The summed E-state index contributed by atoms with van der Waals surface area (Å²) in [7, 11) is -1.62. The van der Waals surface area contributed by atoms with E-state index in [0.29, 0.717) is 11.1 Å². The quantitative estimate of drug-likeness (QED) is 0.537. The van der Waals surface area contributed by atoms with Gasteiger partial charge in [-0.2, -0.15) is 0 Å². The van der Waals surface area contributed by atoms with Crippen LogP contribution in [0.15, 0.2) is 11.6 Å². The van der Waals surface area contributed by atoms with Gasteiger partial charge in [0.25, 0.3) is 0 Å². The minimum absolute atomic E-state index is 0.309. The Labute approximate surface area is 133 Å². The van der Waals surface area contributed by atoms with E-state index in [1.807, 2.05) is 0 Å². The van der Waals surface area contributed by atoms with Crippen molar-refractivity contribution >= 4 is 8.32 Å². The molecule has 0 aliphatic carbocycles. The lowest BCUT2D eigenvalue weighted by Crippen LogP contribution is -2.48. The number of rotatable bonds is 4. The Balaban J connectivity index is 2.02. The summed E-state index contributed by atoms with van der Waals surface area (Å²) in [6.45, 7) is 16.2. The van der Waals surface area contributed by atoms with Crippen LogP contribution in [0, 0.1) is 0 Å². The highest BCUT2D eigenvalue weighted by molar-refractivity contribution is 6.74. The molecule has 1 fully saturated rings. The second-order valence-electron chi connectivity index (χ2n) is 8.44. The van der Waals surface area contributed by atoms with E-state index in [4.69, 9.17) is 4.43 Å². The van der Waals surface area contributed by atoms with Gasteiger partial charge in [-0.3, -0.25) is 4.90 Å². The first kappa shape index (κ1) is 17.2. The van der Waals surface area contributed by atoms with Crippen molar-refractivity contribution in [2.45, 2.75) is 90.0 Å². The number of hydrogen-bond acceptors (Lipinski definition) is 2. The molecule has 0 saturated carbocycles. The molecule has 2 rings (SSSR count). The van der Waals surface area contributed by atoms with E-state index in [1.165, 1.54) is 38.6 Å². The molecule has 0 unspecified atom stereocenters. The van der Waals surface area contributed by atoms with Gasteiger partial charge in [0.2, 0.25) is 0 Å². The Bertz CT molecular complexity index is 383. The molecule has 3 heteroatoms. The van der Waals surface area contributed by atoms with Gasteiger partial charge in [0.15, 0.2) is 8.32 Å². The standard InChI is InChI=1S/C18H35NOSi/c1-7-16-12-15(13-17-10-8-9-11-19(16)17)14-20-21(5,6)18(2,3)4/h13,16-17H,7-12,14H2,1-6H3/t16-,17-/m1/s1. The number of hydrogen-bond donors (Lipinski definition) is 0. The third-order valence-electron chi connectivity index (χ3n) is 5.88. The van der Waals surface area contributed by atoms with Crippen molar-refractivity contribution in [2.75, 3.05) is 13.2 Å². The predicted octanol–water partition coefficient (Wildman–Crippen LogP) is 4.97. The fraction of sp³-hybridized carbons (Fsp3) is 0.889. The van der Waals surface area contributed by atoms with Crippen molar-refractivity contribution in [2.24, 2.45) is 0 Å². The first-order valence-electron chi connectivity index (χ1n) is 8.84. The van der Waals surface area contributed by atoms with Crippen LogP contribution in [0.25, 0.3) is 0 Å². The lowest BCUT2D eigenvalue weighted by Gasteiger charge is -2.44. The molecule has 0 N–H and O–H groups in total. The van der Waals surface area contributed by atoms with Gasteiger partial charge in [0.05, 0.1) is 6.61 Å². The summed E-state index contributed by atoms with van der Waals surface area (Å²) in [6, 6.07) is 1.44. The fourth-order valence-electron chi connectivity index (χ4n) is 3.35. The molecule has 0 amide bonds. The highest BCUT2D eigenvalue weighted by atomic mass is 28.4. The Morgan fingerprint density at radius 3 is 2.62 bits per heavy atom. The molecule has 2 aliphatic rings. The van der Waals surface area contributed by atoms with E-state index in [-0.39, 0.29) is 0 Å². The van der Waals surface area contributed by atoms with Crippen molar-refractivity contribution in [1.29, 1.82) is 0 Å². The molecule has 2 heterocycles. The zero-order valence-electron chi connectivity index (χ0n) is 15.0. The molecular formula is C18H35NOSi. The normalized spacial score (nSPS) is 28.2. The van der Waals surface area contributed by atoms with Gasteiger partial charge in [-0.15, -0.1) is 0 Å². The van der Waals surface area contributed by atoms with Crippen LogP contribution < -0.4 is 0 Å². The molecule has 21 heavy (non-hydrogen) atoms. The van der Waals surface area contributed by atoms with Crippen molar-refractivity contribution in [3.8, 4) is 0 Å². The molecule has 2 aliphatic heterocycles. The molecule has 2 nitrogen and oxygen atoms in total. The Hall–Kier alpha value is -0.123. The second-order valence-corrected chi connectivity index (χ2v) is 13.3. The minimum atomic E-state index is -1.62. The van der Waals surface area contributed by atoms with E-state index in [9.17, 15) is 0 Å². The lowest BCUT2D eigenvalue weighted by molar-refractivity contribution is 0.103. The average molecular weight is 310 g/mol. The molecule has 2 atom stereocenters. The molecule has 1 saturated heterocycles. The zero-order chi connectivity index (χ0) is 15.7. The average Bonchev–Trinajstić information content (AvgIpc) is 2.43. The molecule has 122 valence electrons. The molecule has 0 aromatic carbocycles. The van der Waals surface area contributed by atoms with Gasteiger partial charge in [0, 0.05) is 12.1 Å². The topological polar surface area (TPSA) is 12.5 Å². The molecule has 0 bridgehead atoms. The summed E-state index contributed by atoms with van der Waals surface area (Å²) in [6.07, 6.45) is 9.16. The largest absolute Gasteiger partial charge is 0.413 e. The third kappa shape index (κ3) is 3.99. The maximum atomic E-state index is 6.46. The summed E-state index contributed by atoms with van der Waals surface area (Å²) in [5.74, 6) is 0. The smallest absolute Gasteiger partial charge is 0.192 e. The van der Waals surface area contributed by atoms with Crippen molar-refractivity contribution in [3.63, 3.8) is 0 Å². The summed E-state index contributed by atoms with van der Waals surface area (Å²) in [5, 5.41) is 0.309. The Morgan fingerprint density at radius 1 is 1.29 bits per heavy atom. The first-order chi connectivity index (χ1) is 9.74. The van der Waals surface area contributed by atoms with Gasteiger partial charge in [0.1, 0.15) is 0 Å². The van der Waals surface area contributed by atoms with Gasteiger partial charge in [-0.05, 0) is 55.9 Å². The summed E-state index contributed by atoms with van der Waals surface area (Å²) < 4.78 is 6.46. The highest BCUT2D eigenvalue weighted by Crippen LogP contribution is 2.38. The van der Waals surface area contributed by atoms with Crippen LogP contribution in [0.4, 0.5) is 0 Å². The lowest BCUT2D eigenvalue weighted by atomic mass is 9.89. The van der Waals surface area contributed by atoms with Crippen molar-refractivity contribution in [1.82, 2.24) is 4.90 Å². The van der Waals surface area contributed by atoms with Crippen LogP contribution in [-0.2, 0) is 4.43 Å².